The van der Waals surface area contributed by atoms with Gasteiger partial charge in [0.1, 0.15) is 0 Å². The van der Waals surface area contributed by atoms with Crippen molar-refractivity contribution in [1.29, 1.82) is 5.26 Å². The van der Waals surface area contributed by atoms with E-state index >= 15 is 0 Å². The van der Waals surface area contributed by atoms with Crippen molar-refractivity contribution < 1.29 is 4.84 Å². The smallest absolute Gasteiger partial charge is 0.202 e. The third-order valence-electron chi connectivity index (χ3n) is 3.12. The molecule has 2 aromatic rings. The highest BCUT2D eigenvalue weighted by molar-refractivity contribution is 5.98. The van der Waals surface area contributed by atoms with Crippen LogP contribution < -0.4 is 5.48 Å². The van der Waals surface area contributed by atoms with Gasteiger partial charge in [-0.3, -0.25) is 4.98 Å². The molecule has 1 N–H and O–H groups in total. The monoisotopic (exact) mass is 264 g/mol. The first kappa shape index (κ1) is 12.3. The molecule has 1 atom stereocenters. The summed E-state index contributed by atoms with van der Waals surface area (Å²) in [6, 6.07) is 11.4. The summed E-state index contributed by atoms with van der Waals surface area (Å²) in [4.78, 5) is 13.9. The molecule has 0 spiro atoms. The summed E-state index contributed by atoms with van der Waals surface area (Å²) in [7, 11) is 0. The van der Waals surface area contributed by atoms with Gasteiger partial charge in [0.15, 0.2) is 5.84 Å². The van der Waals surface area contributed by atoms with Gasteiger partial charge in [-0.05, 0) is 30.7 Å². The summed E-state index contributed by atoms with van der Waals surface area (Å²) in [6.45, 7) is 1.90. The Morgan fingerprint density at radius 2 is 2.05 bits per heavy atom. The molecular weight excluding hydrogens is 252 g/mol. The summed E-state index contributed by atoms with van der Waals surface area (Å²) >= 11 is 0. The molecule has 3 rings (SSSR count). The number of amidine groups is 1. The molecule has 98 valence electrons. The fraction of sp³-hybridized carbons (Fsp3) is 0.133. The maximum absolute atomic E-state index is 8.94. The summed E-state index contributed by atoms with van der Waals surface area (Å²) in [6.07, 6.45) is 3.02. The van der Waals surface area contributed by atoms with Gasteiger partial charge < -0.3 is 0 Å². The third kappa shape index (κ3) is 2.25. The van der Waals surface area contributed by atoms with E-state index < -0.39 is 6.23 Å². The second kappa shape index (κ2) is 5.11. The van der Waals surface area contributed by atoms with Gasteiger partial charge >= 0.3 is 0 Å². The van der Waals surface area contributed by atoms with Crippen LogP contribution >= 0.6 is 0 Å². The normalized spacial score (nSPS) is 17.2. The Labute approximate surface area is 116 Å². The van der Waals surface area contributed by atoms with Gasteiger partial charge in [-0.1, -0.05) is 12.1 Å². The predicted octanol–water partition coefficient (Wildman–Crippen LogP) is 2.24. The second-order valence-electron chi connectivity index (χ2n) is 4.47. The van der Waals surface area contributed by atoms with Gasteiger partial charge in [-0.25, -0.2) is 15.3 Å². The number of hydrogen-bond acceptors (Lipinski definition) is 5. The predicted molar refractivity (Wildman–Crippen MR) is 73.6 cm³/mol. The summed E-state index contributed by atoms with van der Waals surface area (Å²) in [5, 5.41) is 8.94. The Kier molecular flexibility index (Phi) is 3.15. The number of hydroxylamine groups is 1. The lowest BCUT2D eigenvalue weighted by Gasteiger charge is -2.07. The van der Waals surface area contributed by atoms with Crippen LogP contribution in [-0.4, -0.2) is 10.8 Å². The fourth-order valence-electron chi connectivity index (χ4n) is 2.03. The lowest BCUT2D eigenvalue weighted by atomic mass is 10.1. The molecular formula is C15H12N4O. The SMILES string of the molecule is Cc1cc(C2N=C(c3ccncc3)NO2)ccc1C#N. The van der Waals surface area contributed by atoms with E-state index in [0.29, 0.717) is 11.4 Å². The highest BCUT2D eigenvalue weighted by Gasteiger charge is 2.21. The number of aliphatic imine (C=N–C) groups is 1. The zero-order valence-electron chi connectivity index (χ0n) is 10.9. The zero-order valence-corrected chi connectivity index (χ0v) is 10.9. The third-order valence-corrected chi connectivity index (χ3v) is 3.12. The molecule has 0 fully saturated rings. The van der Waals surface area contributed by atoms with Crippen LogP contribution in [0.15, 0.2) is 47.7 Å². The van der Waals surface area contributed by atoms with Gasteiger partial charge in [0, 0.05) is 23.5 Å². The van der Waals surface area contributed by atoms with Crippen molar-refractivity contribution in [3.8, 4) is 6.07 Å². The number of aromatic nitrogens is 1. The van der Waals surface area contributed by atoms with Gasteiger partial charge in [-0.15, -0.1) is 0 Å². The van der Waals surface area contributed by atoms with Crippen molar-refractivity contribution in [2.45, 2.75) is 13.2 Å². The van der Waals surface area contributed by atoms with E-state index in [1.54, 1.807) is 18.5 Å². The van der Waals surface area contributed by atoms with E-state index in [1.165, 1.54) is 0 Å². The number of pyridine rings is 1. The van der Waals surface area contributed by atoms with Gasteiger partial charge in [0.05, 0.1) is 11.6 Å². The molecule has 0 radical (unpaired) electrons. The number of aryl methyl sites for hydroxylation is 1. The van der Waals surface area contributed by atoms with E-state index in [9.17, 15) is 0 Å². The molecule has 5 nitrogen and oxygen atoms in total. The zero-order chi connectivity index (χ0) is 13.9. The van der Waals surface area contributed by atoms with Crippen LogP contribution in [0, 0.1) is 18.3 Å². The standard InChI is InChI=1S/C15H12N4O/c1-10-8-12(2-3-13(10)9-16)15-18-14(19-20-15)11-4-6-17-7-5-11/h2-8,15H,1H3,(H,18,19). The number of rotatable bonds is 2. The van der Waals surface area contributed by atoms with Crippen molar-refractivity contribution in [2.75, 3.05) is 0 Å². The maximum atomic E-state index is 8.94. The Morgan fingerprint density at radius 1 is 1.25 bits per heavy atom. The van der Waals surface area contributed by atoms with Crippen molar-refractivity contribution >= 4 is 5.84 Å². The lowest BCUT2D eigenvalue weighted by molar-refractivity contribution is 0.0376. The van der Waals surface area contributed by atoms with Crippen molar-refractivity contribution in [2.24, 2.45) is 4.99 Å². The topological polar surface area (TPSA) is 70.3 Å². The molecule has 2 heterocycles. The summed E-state index contributed by atoms with van der Waals surface area (Å²) in [5.74, 6) is 0.680. The highest BCUT2D eigenvalue weighted by atomic mass is 16.7. The highest BCUT2D eigenvalue weighted by Crippen LogP contribution is 2.24. The fourth-order valence-corrected chi connectivity index (χ4v) is 2.03. The number of benzene rings is 1. The van der Waals surface area contributed by atoms with Gasteiger partial charge in [0.2, 0.25) is 6.23 Å². The average Bonchev–Trinajstić information content (AvgIpc) is 2.98. The number of hydrogen-bond donors (Lipinski definition) is 1. The largest absolute Gasteiger partial charge is 0.265 e. The van der Waals surface area contributed by atoms with Crippen molar-refractivity contribution in [3.63, 3.8) is 0 Å². The molecule has 1 aromatic carbocycles. The van der Waals surface area contributed by atoms with Crippen LogP contribution in [0.1, 0.15) is 28.5 Å². The van der Waals surface area contributed by atoms with Crippen LogP contribution in [0.4, 0.5) is 0 Å². The van der Waals surface area contributed by atoms with Gasteiger partial charge in [0.25, 0.3) is 0 Å². The molecule has 0 aliphatic carbocycles. The molecule has 20 heavy (non-hydrogen) atoms. The van der Waals surface area contributed by atoms with Crippen LogP contribution in [0.2, 0.25) is 0 Å². The Bertz CT molecular complexity index is 704. The van der Waals surface area contributed by atoms with E-state index in [-0.39, 0.29) is 0 Å². The summed E-state index contributed by atoms with van der Waals surface area (Å²) in [5.41, 5.74) is 6.25. The minimum atomic E-state index is -0.399. The first-order valence-corrected chi connectivity index (χ1v) is 6.18. The van der Waals surface area contributed by atoms with Gasteiger partial charge in [-0.2, -0.15) is 5.26 Å². The Hall–Kier alpha value is -2.71. The van der Waals surface area contributed by atoms with E-state index in [2.05, 4.69) is 21.5 Å². The molecule has 5 heteroatoms. The first-order chi connectivity index (χ1) is 9.78. The second-order valence-corrected chi connectivity index (χ2v) is 4.47. The molecule has 1 aromatic heterocycles. The molecule has 0 saturated heterocycles. The number of nitriles is 1. The Morgan fingerprint density at radius 3 is 2.75 bits per heavy atom. The number of nitrogens with zero attached hydrogens (tertiary/aromatic N) is 3. The minimum Gasteiger partial charge on any atom is -0.265 e. The molecule has 0 bridgehead atoms. The molecule has 1 unspecified atom stereocenters. The van der Waals surface area contributed by atoms with Crippen molar-refractivity contribution in [3.05, 3.63) is 65.0 Å². The van der Waals surface area contributed by atoms with Crippen LogP contribution in [0.3, 0.4) is 0 Å². The Balaban J connectivity index is 1.88. The summed E-state index contributed by atoms with van der Waals surface area (Å²) < 4.78 is 0. The van der Waals surface area contributed by atoms with E-state index in [0.717, 1.165) is 16.7 Å². The van der Waals surface area contributed by atoms with E-state index in [1.807, 2.05) is 31.2 Å². The quantitative estimate of drug-likeness (QED) is 0.903. The van der Waals surface area contributed by atoms with Crippen LogP contribution in [-0.2, 0) is 4.84 Å². The average molecular weight is 264 g/mol. The molecule has 0 amide bonds. The maximum Gasteiger partial charge on any atom is 0.202 e. The number of nitrogens with one attached hydrogen (secondary N) is 1. The van der Waals surface area contributed by atoms with E-state index in [4.69, 9.17) is 10.1 Å². The lowest BCUT2D eigenvalue weighted by Crippen LogP contribution is -2.17. The van der Waals surface area contributed by atoms with Crippen LogP contribution in [0.25, 0.3) is 0 Å². The van der Waals surface area contributed by atoms with Crippen molar-refractivity contribution in [1.82, 2.24) is 10.5 Å². The van der Waals surface area contributed by atoms with Crippen LogP contribution in [0.5, 0.6) is 0 Å². The molecule has 1 aliphatic heterocycles. The first-order valence-electron chi connectivity index (χ1n) is 6.18. The molecule has 0 saturated carbocycles. The molecule has 1 aliphatic rings. The minimum absolute atomic E-state index is 0.399.